The second kappa shape index (κ2) is 8.24. The van der Waals surface area contributed by atoms with E-state index in [0.29, 0.717) is 0 Å². The highest BCUT2D eigenvalue weighted by Crippen LogP contribution is 2.47. The van der Waals surface area contributed by atoms with Gasteiger partial charge in [-0.2, -0.15) is 0 Å². The van der Waals surface area contributed by atoms with Crippen LogP contribution in [0.4, 0.5) is 5.69 Å². The smallest absolute Gasteiger partial charge is 0.341 e. The number of benzene rings is 3. The Morgan fingerprint density at radius 3 is 1.88 bits per heavy atom. The molecule has 2 aliphatic carbocycles. The number of aryl methyl sites for hydroxylation is 6. The molecule has 7 rings (SSSR count). The van der Waals surface area contributed by atoms with E-state index in [-0.39, 0.29) is 0 Å². The zero-order valence-electron chi connectivity index (χ0n) is 20.0. The van der Waals surface area contributed by atoms with Crippen molar-refractivity contribution in [3.63, 3.8) is 0 Å². The van der Waals surface area contributed by atoms with Gasteiger partial charge in [-0.3, -0.25) is 4.67 Å². The molecule has 0 unspecified atom stereocenters. The maximum absolute atomic E-state index is 6.92. The van der Waals surface area contributed by atoms with Crippen LogP contribution in [0.25, 0.3) is 21.9 Å². The van der Waals surface area contributed by atoms with Crippen LogP contribution in [0.1, 0.15) is 65.5 Å². The van der Waals surface area contributed by atoms with Crippen molar-refractivity contribution in [3.8, 4) is 0 Å². The lowest BCUT2D eigenvalue weighted by molar-refractivity contribution is 0.623. The Morgan fingerprint density at radius 2 is 1.24 bits per heavy atom. The summed E-state index contributed by atoms with van der Waals surface area (Å²) in [6.45, 7) is 3.20. The Balaban J connectivity index is 1.59. The van der Waals surface area contributed by atoms with Crippen LogP contribution in [0.5, 0.6) is 0 Å². The molecule has 34 heavy (non-hydrogen) atoms. The highest BCUT2D eigenvalue weighted by molar-refractivity contribution is 7.39. The number of para-hydroxylation sites is 1. The average molecular weight is 470 g/mol. The second-order valence-corrected chi connectivity index (χ2v) is 11.6. The van der Waals surface area contributed by atoms with Gasteiger partial charge in [0.1, 0.15) is 11.2 Å². The molecule has 3 nitrogen and oxygen atoms in total. The fourth-order valence-electron chi connectivity index (χ4n) is 6.58. The Kier molecular flexibility index (Phi) is 5.02. The summed E-state index contributed by atoms with van der Waals surface area (Å²) in [4.78, 5) is 0. The summed E-state index contributed by atoms with van der Waals surface area (Å²) in [5, 5.41) is 2.69. The maximum atomic E-state index is 6.92. The molecule has 0 fully saturated rings. The summed E-state index contributed by atoms with van der Waals surface area (Å²) in [5.41, 5.74) is 12.2. The van der Waals surface area contributed by atoms with Gasteiger partial charge < -0.3 is 8.39 Å². The number of hydrogen-bond donors (Lipinski definition) is 0. The molecule has 0 amide bonds. The first-order valence-corrected chi connectivity index (χ1v) is 14.2. The van der Waals surface area contributed by atoms with E-state index in [0.717, 1.165) is 43.4 Å². The third kappa shape index (κ3) is 3.24. The van der Waals surface area contributed by atoms with Crippen LogP contribution < -0.4 is 4.67 Å². The van der Waals surface area contributed by atoms with Gasteiger partial charge in [-0.1, -0.05) is 30.3 Å². The van der Waals surface area contributed by atoms with Gasteiger partial charge in [0.05, 0.1) is 5.69 Å². The molecule has 0 saturated heterocycles. The Bertz CT molecular complexity index is 1390. The van der Waals surface area contributed by atoms with E-state index in [4.69, 9.17) is 8.39 Å². The lowest BCUT2D eigenvalue weighted by Gasteiger charge is -2.29. The predicted molar refractivity (Wildman–Crippen MR) is 142 cm³/mol. The van der Waals surface area contributed by atoms with E-state index in [9.17, 15) is 0 Å². The largest absolute Gasteiger partial charge is 0.404 e. The summed E-state index contributed by atoms with van der Waals surface area (Å²) >= 11 is 0. The molecule has 1 aromatic heterocycles. The molecule has 0 N–H and O–H groups in total. The minimum atomic E-state index is -1.29. The van der Waals surface area contributed by atoms with Gasteiger partial charge in [-0.05, 0) is 117 Å². The predicted octanol–water partition coefficient (Wildman–Crippen LogP) is 8.57. The lowest BCUT2D eigenvalue weighted by Crippen LogP contribution is -2.22. The van der Waals surface area contributed by atoms with Crippen LogP contribution in [0.3, 0.4) is 0 Å². The summed E-state index contributed by atoms with van der Waals surface area (Å²) in [5.74, 6) is 0. The molecule has 0 bridgehead atoms. The van der Waals surface area contributed by atoms with Crippen molar-refractivity contribution in [2.24, 2.45) is 0 Å². The lowest BCUT2D eigenvalue weighted by atomic mass is 9.84. The average Bonchev–Trinajstić information content (AvgIpc) is 3.06. The molecule has 174 valence electrons. The minimum absolute atomic E-state index is 0.976. The second-order valence-electron chi connectivity index (χ2n) is 10.3. The fraction of sp³-hybridized carbons (Fsp3) is 0.400. The van der Waals surface area contributed by atoms with Crippen LogP contribution in [-0.4, -0.2) is 6.54 Å². The third-order valence-corrected chi connectivity index (χ3v) is 9.68. The summed E-state index contributed by atoms with van der Waals surface area (Å²) < 4.78 is 16.3. The van der Waals surface area contributed by atoms with Gasteiger partial charge >= 0.3 is 8.16 Å². The van der Waals surface area contributed by atoms with Crippen LogP contribution >= 0.6 is 8.16 Å². The third-order valence-electron chi connectivity index (χ3n) is 8.18. The zero-order chi connectivity index (χ0) is 22.6. The summed E-state index contributed by atoms with van der Waals surface area (Å²) in [7, 11) is -1.29. The van der Waals surface area contributed by atoms with Gasteiger partial charge in [0.15, 0.2) is 0 Å². The molecule has 0 spiro atoms. The van der Waals surface area contributed by atoms with Crippen molar-refractivity contribution >= 4 is 35.8 Å². The first kappa shape index (κ1) is 20.7. The van der Waals surface area contributed by atoms with Crippen LogP contribution in [-0.2, 0) is 32.1 Å². The molecule has 0 radical (unpaired) electrons. The van der Waals surface area contributed by atoms with E-state index in [2.05, 4.69) is 54.1 Å². The maximum Gasteiger partial charge on any atom is 0.341 e. The SMILES string of the molecule is Cc1cccc2c1N(p1oc3ccc4c(c3c3c5c(ccc3o1)CCCC5)CCCC4)CCC2. The van der Waals surface area contributed by atoms with Gasteiger partial charge in [0.25, 0.3) is 0 Å². The highest BCUT2D eigenvalue weighted by atomic mass is 31.1. The number of rotatable bonds is 1. The van der Waals surface area contributed by atoms with E-state index < -0.39 is 8.16 Å². The van der Waals surface area contributed by atoms with Crippen molar-refractivity contribution in [3.05, 3.63) is 75.8 Å². The van der Waals surface area contributed by atoms with Crippen molar-refractivity contribution < 1.29 is 8.39 Å². The number of anilines is 1. The monoisotopic (exact) mass is 469 g/mol. The first-order chi connectivity index (χ1) is 16.8. The molecular weight excluding hydrogens is 437 g/mol. The van der Waals surface area contributed by atoms with Gasteiger partial charge in [0.2, 0.25) is 0 Å². The van der Waals surface area contributed by atoms with Gasteiger partial charge in [-0.25, -0.2) is 0 Å². The van der Waals surface area contributed by atoms with E-state index in [1.807, 2.05) is 0 Å². The Labute approximate surface area is 202 Å². The Morgan fingerprint density at radius 1 is 0.647 bits per heavy atom. The number of nitrogens with zero attached hydrogens (tertiary/aromatic N) is 1. The van der Waals surface area contributed by atoms with Gasteiger partial charge in [-0.15, -0.1) is 0 Å². The topological polar surface area (TPSA) is 29.5 Å². The quantitative estimate of drug-likeness (QED) is 0.280. The molecule has 2 heterocycles. The highest BCUT2D eigenvalue weighted by Gasteiger charge is 2.26. The standard InChI is InChI=1S/C30H32NO2P/c1-20-8-6-11-23-12-7-19-31(30(20)23)34-32-26-17-15-21-9-2-4-13-24(21)28(26)29-25-14-5-3-10-22(25)16-18-27(29)33-34/h6,8,11,15-18H,2-5,7,9-10,12-14,19H2,1H3. The van der Waals surface area contributed by atoms with Gasteiger partial charge in [0, 0.05) is 17.3 Å². The molecule has 0 saturated carbocycles. The molecule has 3 aliphatic rings. The summed E-state index contributed by atoms with van der Waals surface area (Å²) in [6.07, 6.45) is 12.0. The fourth-order valence-corrected chi connectivity index (χ4v) is 8.21. The summed E-state index contributed by atoms with van der Waals surface area (Å²) in [6, 6.07) is 15.8. The van der Waals surface area contributed by atoms with Crippen LogP contribution in [0, 0.1) is 6.92 Å². The van der Waals surface area contributed by atoms with Crippen molar-refractivity contribution in [2.45, 2.75) is 71.1 Å². The molecule has 0 atom stereocenters. The van der Waals surface area contributed by atoms with Crippen molar-refractivity contribution in [2.75, 3.05) is 11.2 Å². The van der Waals surface area contributed by atoms with Crippen LogP contribution in [0.15, 0.2) is 50.9 Å². The Hall–Kier alpha value is -2.64. The zero-order valence-corrected chi connectivity index (χ0v) is 20.9. The number of fused-ring (bicyclic) bond motifs is 8. The van der Waals surface area contributed by atoms with E-state index >= 15 is 0 Å². The van der Waals surface area contributed by atoms with E-state index in [1.54, 1.807) is 0 Å². The minimum Gasteiger partial charge on any atom is -0.404 e. The van der Waals surface area contributed by atoms with Crippen LogP contribution in [0.2, 0.25) is 0 Å². The molecule has 4 aromatic rings. The van der Waals surface area contributed by atoms with Crippen molar-refractivity contribution in [1.29, 1.82) is 0 Å². The molecule has 4 heteroatoms. The first-order valence-electron chi connectivity index (χ1n) is 13.1. The molecule has 3 aromatic carbocycles. The number of hydrogen-bond acceptors (Lipinski definition) is 3. The molecule has 1 aliphatic heterocycles. The molecular formula is C30H32NO2P. The van der Waals surface area contributed by atoms with E-state index in [1.165, 1.54) is 88.4 Å². The van der Waals surface area contributed by atoms with Crippen molar-refractivity contribution in [1.82, 2.24) is 0 Å². The normalized spacial score (nSPS) is 17.4.